The van der Waals surface area contributed by atoms with Gasteiger partial charge in [0.1, 0.15) is 24.2 Å². The van der Waals surface area contributed by atoms with Crippen molar-refractivity contribution in [3.05, 3.63) is 0 Å². The van der Waals surface area contributed by atoms with Gasteiger partial charge >= 0.3 is 23.9 Å². The molecule has 0 aliphatic heterocycles. The van der Waals surface area contributed by atoms with Crippen molar-refractivity contribution < 1.29 is 60.7 Å². The third kappa shape index (κ3) is 32.7. The Morgan fingerprint density at radius 1 is 0.517 bits per heavy atom. The van der Waals surface area contributed by atoms with Crippen molar-refractivity contribution in [3.63, 3.8) is 0 Å². The molecule has 12 N–H and O–H groups in total. The average Bonchev–Trinajstić information content (AvgIpc) is 2.66. The number of rotatable bonds is 8. The van der Waals surface area contributed by atoms with Crippen LogP contribution in [0.3, 0.4) is 0 Å². The molecule has 174 valence electrons. The molecule has 0 aromatic rings. The Morgan fingerprint density at radius 3 is 0.621 bits per heavy atom. The number of carboxylic acids is 4. The second-order valence-electron chi connectivity index (χ2n) is 4.51. The van der Waals surface area contributed by atoms with Crippen LogP contribution in [0.1, 0.15) is 0 Å². The van der Waals surface area contributed by atoms with Crippen LogP contribution in [0.2, 0.25) is 0 Å². The molecule has 0 spiro atoms. The van der Waals surface area contributed by atoms with E-state index in [4.69, 9.17) is 43.4 Å². The number of carbonyl (C=O) groups is 4. The fourth-order valence-electron chi connectivity index (χ4n) is 0.312. The van der Waals surface area contributed by atoms with Crippen LogP contribution >= 0.6 is 50.5 Å². The zero-order valence-electron chi connectivity index (χ0n) is 15.1. The third-order valence-corrected chi connectivity index (χ3v) is 3.63. The fourth-order valence-corrected chi connectivity index (χ4v) is 0.937. The van der Waals surface area contributed by atoms with Crippen molar-refractivity contribution in [1.82, 2.24) is 0 Å². The molecule has 0 fully saturated rings. The average molecular weight is 581 g/mol. The maximum absolute atomic E-state index is 9.76. The summed E-state index contributed by atoms with van der Waals surface area (Å²) in [5, 5.41) is 32.0. The SMILES string of the molecule is N[C@@H](CS)C(=O)O.N[C@@H](CS)C(=O)O.N[C@@H](CS)C(=O)O.N[C@@H](CS)C(=O)O.[Mo]. The number of hydrogen-bond donors (Lipinski definition) is 12. The predicted octanol–water partition coefficient (Wildman–Crippen LogP) is -2.69. The van der Waals surface area contributed by atoms with Gasteiger partial charge < -0.3 is 43.4 Å². The number of aliphatic carboxylic acids is 4. The van der Waals surface area contributed by atoms with Crippen LogP contribution < -0.4 is 22.9 Å². The number of nitrogens with two attached hydrogens (primary N) is 4. The monoisotopic (exact) mass is 582 g/mol. The van der Waals surface area contributed by atoms with Gasteiger partial charge in [0.05, 0.1) is 0 Å². The summed E-state index contributed by atoms with van der Waals surface area (Å²) in [6.45, 7) is 0. The minimum absolute atomic E-state index is 0. The molecule has 0 bridgehead atoms. The van der Waals surface area contributed by atoms with Gasteiger partial charge in [-0.05, 0) is 0 Å². The molecular formula is C12H28MoN4O8S4. The van der Waals surface area contributed by atoms with E-state index in [2.05, 4.69) is 50.5 Å². The fraction of sp³-hybridized carbons (Fsp3) is 0.667. The summed E-state index contributed by atoms with van der Waals surface area (Å²) in [7, 11) is 0. The Morgan fingerprint density at radius 2 is 0.621 bits per heavy atom. The first-order chi connectivity index (χ1) is 12.7. The Labute approximate surface area is 204 Å². The van der Waals surface area contributed by atoms with E-state index in [1.54, 1.807) is 0 Å². The predicted molar refractivity (Wildman–Crippen MR) is 118 cm³/mol. The first kappa shape index (κ1) is 39.3. The van der Waals surface area contributed by atoms with E-state index in [9.17, 15) is 19.2 Å². The Balaban J connectivity index is -0.0000000873. The van der Waals surface area contributed by atoms with E-state index in [1.165, 1.54) is 0 Å². The summed E-state index contributed by atoms with van der Waals surface area (Å²) in [5.74, 6) is -3.26. The standard InChI is InChI=1S/4C3H7NO2S.Mo/c4*4-2(1-7)3(5)6;/h4*2,7H,1,4H2,(H,5,6);/t4*2-;/m0000./s1. The topological polar surface area (TPSA) is 253 Å². The van der Waals surface area contributed by atoms with E-state index in [0.29, 0.717) is 0 Å². The number of carboxylic acid groups (broad SMARTS) is 4. The van der Waals surface area contributed by atoms with E-state index >= 15 is 0 Å². The molecule has 17 heteroatoms. The number of thiol groups is 4. The zero-order valence-corrected chi connectivity index (χ0v) is 20.7. The molecule has 12 nitrogen and oxygen atoms in total. The van der Waals surface area contributed by atoms with Crippen LogP contribution in [0.25, 0.3) is 0 Å². The molecular weight excluding hydrogens is 552 g/mol. The molecule has 0 saturated heterocycles. The van der Waals surface area contributed by atoms with Gasteiger partial charge in [0.25, 0.3) is 0 Å². The van der Waals surface area contributed by atoms with Crippen LogP contribution in [0, 0.1) is 0 Å². The molecule has 0 heterocycles. The molecule has 0 amide bonds. The smallest absolute Gasteiger partial charge is 0.321 e. The van der Waals surface area contributed by atoms with E-state index < -0.39 is 48.0 Å². The zero-order chi connectivity index (χ0) is 23.4. The van der Waals surface area contributed by atoms with Crippen molar-refractivity contribution in [1.29, 1.82) is 0 Å². The Hall–Kier alpha value is -0.192. The minimum Gasteiger partial charge on any atom is -0.480 e. The molecule has 4 atom stereocenters. The van der Waals surface area contributed by atoms with Crippen molar-refractivity contribution >= 4 is 74.4 Å². The quantitative estimate of drug-likeness (QED) is 0.104. The molecule has 0 rings (SSSR count). The maximum Gasteiger partial charge on any atom is 0.321 e. The number of hydrogen-bond acceptors (Lipinski definition) is 12. The first-order valence-electron chi connectivity index (χ1n) is 7.10. The van der Waals surface area contributed by atoms with Crippen molar-refractivity contribution in [2.75, 3.05) is 23.0 Å². The summed E-state index contributed by atoms with van der Waals surface area (Å²) >= 11 is 14.6. The largest absolute Gasteiger partial charge is 0.480 e. The van der Waals surface area contributed by atoms with E-state index in [0.717, 1.165) is 0 Å². The molecule has 0 radical (unpaired) electrons. The Bertz CT molecular complexity index is 388. The summed E-state index contributed by atoms with van der Waals surface area (Å²) in [5.41, 5.74) is 19.8. The summed E-state index contributed by atoms with van der Waals surface area (Å²) < 4.78 is 0. The van der Waals surface area contributed by atoms with Crippen molar-refractivity contribution in [2.24, 2.45) is 22.9 Å². The van der Waals surface area contributed by atoms with Crippen molar-refractivity contribution in [3.8, 4) is 0 Å². The van der Waals surface area contributed by atoms with Crippen LogP contribution in [0.15, 0.2) is 0 Å². The van der Waals surface area contributed by atoms with Gasteiger partial charge in [0.2, 0.25) is 0 Å². The van der Waals surface area contributed by atoms with Gasteiger partial charge in [-0.25, -0.2) is 0 Å². The van der Waals surface area contributed by atoms with Gasteiger partial charge in [0, 0.05) is 44.1 Å². The van der Waals surface area contributed by atoms with Gasteiger partial charge in [0.15, 0.2) is 0 Å². The molecule has 0 aliphatic rings. The molecule has 0 aliphatic carbocycles. The molecule has 0 aromatic carbocycles. The van der Waals surface area contributed by atoms with Crippen molar-refractivity contribution in [2.45, 2.75) is 24.2 Å². The Kier molecular flexibility index (Phi) is 35.0. The normalized spacial score (nSPS) is 13.0. The first-order valence-corrected chi connectivity index (χ1v) is 9.63. The third-order valence-electron chi connectivity index (χ3n) is 2.06. The summed E-state index contributed by atoms with van der Waals surface area (Å²) in [6.07, 6.45) is 0. The van der Waals surface area contributed by atoms with Crippen LogP contribution in [-0.2, 0) is 40.2 Å². The van der Waals surface area contributed by atoms with Gasteiger partial charge in [-0.3, -0.25) is 19.2 Å². The van der Waals surface area contributed by atoms with Gasteiger partial charge in [-0.1, -0.05) is 0 Å². The van der Waals surface area contributed by atoms with Gasteiger partial charge in [-0.15, -0.1) is 0 Å². The molecule has 0 saturated carbocycles. The van der Waals surface area contributed by atoms with E-state index in [1.807, 2.05) is 0 Å². The summed E-state index contributed by atoms with van der Waals surface area (Å²) in [6, 6.07) is -3.27. The van der Waals surface area contributed by atoms with Crippen LogP contribution in [0.5, 0.6) is 0 Å². The minimum atomic E-state index is -1.00. The molecule has 0 aromatic heterocycles. The second-order valence-corrected chi connectivity index (χ2v) is 5.97. The van der Waals surface area contributed by atoms with Crippen LogP contribution in [0.4, 0.5) is 0 Å². The maximum atomic E-state index is 9.76. The van der Waals surface area contributed by atoms with Gasteiger partial charge in [-0.2, -0.15) is 50.5 Å². The molecule has 0 unspecified atom stereocenters. The van der Waals surface area contributed by atoms with Crippen LogP contribution in [-0.4, -0.2) is 91.5 Å². The second kappa shape index (κ2) is 25.8. The summed E-state index contributed by atoms with van der Waals surface area (Å²) in [4.78, 5) is 39.0. The molecule has 29 heavy (non-hydrogen) atoms. The van der Waals surface area contributed by atoms with E-state index in [-0.39, 0.29) is 44.1 Å².